The number of hydrogen-bond donors (Lipinski definition) is 1. The summed E-state index contributed by atoms with van der Waals surface area (Å²) in [5.74, 6) is -3.20. The lowest BCUT2D eigenvalue weighted by atomic mass is 10.2. The first-order chi connectivity index (χ1) is 12.1. The van der Waals surface area contributed by atoms with Crippen molar-refractivity contribution < 1.29 is 36.8 Å². The monoisotopic (exact) mass is 372 g/mol. The Kier molecular flexibility index (Phi) is 5.29. The number of carbonyl (C=O) groups excluding carboxylic acids is 2. The number of nitrogens with one attached hydrogen (secondary N) is 1. The molecular formula is C15H11F3N2O6. The zero-order valence-corrected chi connectivity index (χ0v) is 13.1. The van der Waals surface area contributed by atoms with E-state index >= 15 is 0 Å². The zero-order chi connectivity index (χ0) is 19.5. The highest BCUT2D eigenvalue weighted by Crippen LogP contribution is 2.30. The Bertz CT molecular complexity index is 846. The number of amides is 1. The number of carbonyl (C=O) groups is 2. The molecule has 1 heterocycles. The van der Waals surface area contributed by atoms with Gasteiger partial charge in [0, 0.05) is 5.69 Å². The van der Waals surface area contributed by atoms with Gasteiger partial charge in [0.1, 0.15) is 4.92 Å². The van der Waals surface area contributed by atoms with Crippen LogP contribution in [0.1, 0.15) is 23.0 Å². The van der Waals surface area contributed by atoms with E-state index in [2.05, 4.69) is 9.73 Å². The number of nitro groups is 1. The molecule has 0 aliphatic heterocycles. The Balaban J connectivity index is 2.01. The molecule has 0 aliphatic carbocycles. The summed E-state index contributed by atoms with van der Waals surface area (Å²) in [6.45, 7) is 1.18. The molecular weight excluding hydrogens is 361 g/mol. The lowest BCUT2D eigenvalue weighted by molar-refractivity contribution is -0.402. The lowest BCUT2D eigenvalue weighted by Gasteiger charge is -2.14. The highest BCUT2D eigenvalue weighted by atomic mass is 19.4. The van der Waals surface area contributed by atoms with Crippen molar-refractivity contribution in [1.82, 2.24) is 0 Å². The topological polar surface area (TPSA) is 112 Å². The first kappa shape index (κ1) is 19.0. The fraction of sp³-hybridized carbons (Fsp3) is 0.200. The fourth-order valence-electron chi connectivity index (χ4n) is 1.82. The maximum absolute atomic E-state index is 12.6. The van der Waals surface area contributed by atoms with E-state index in [1.54, 1.807) is 0 Å². The highest BCUT2D eigenvalue weighted by Gasteiger charge is 2.31. The molecule has 26 heavy (non-hydrogen) atoms. The Labute approximate surface area is 143 Å². The van der Waals surface area contributed by atoms with Crippen LogP contribution in [0, 0.1) is 10.1 Å². The standard InChI is InChI=1S/C15H11F3N2O6/c1-8(25-14(22)11-5-6-12(26-11)20(23)24)13(21)19-10-4-2-3-9(7-10)15(16,17)18/h2-8H,1H3,(H,19,21)/t8-/m0/s1. The minimum Gasteiger partial charge on any atom is -0.447 e. The van der Waals surface area contributed by atoms with Gasteiger partial charge in [-0.15, -0.1) is 0 Å². The predicted octanol–water partition coefficient (Wildman–Crippen LogP) is 3.39. The summed E-state index contributed by atoms with van der Waals surface area (Å²) in [5.41, 5.74) is -1.09. The summed E-state index contributed by atoms with van der Waals surface area (Å²) in [4.78, 5) is 33.3. The molecule has 2 aromatic rings. The molecule has 8 nitrogen and oxygen atoms in total. The third-order valence-electron chi connectivity index (χ3n) is 3.08. The summed E-state index contributed by atoms with van der Waals surface area (Å²) < 4.78 is 47.3. The van der Waals surface area contributed by atoms with Crippen molar-refractivity contribution in [3.8, 4) is 0 Å². The molecule has 0 fully saturated rings. The molecule has 1 aromatic heterocycles. The molecule has 138 valence electrons. The zero-order valence-electron chi connectivity index (χ0n) is 13.1. The lowest BCUT2D eigenvalue weighted by Crippen LogP contribution is -2.30. The van der Waals surface area contributed by atoms with Crippen LogP contribution in [0.3, 0.4) is 0 Å². The van der Waals surface area contributed by atoms with E-state index in [9.17, 15) is 32.9 Å². The molecule has 0 radical (unpaired) electrons. The van der Waals surface area contributed by atoms with Gasteiger partial charge >= 0.3 is 18.0 Å². The van der Waals surface area contributed by atoms with Gasteiger partial charge in [0.15, 0.2) is 6.10 Å². The van der Waals surface area contributed by atoms with E-state index in [1.807, 2.05) is 0 Å². The van der Waals surface area contributed by atoms with Crippen LogP contribution >= 0.6 is 0 Å². The summed E-state index contributed by atoms with van der Waals surface area (Å²) in [6, 6.07) is 5.84. The van der Waals surface area contributed by atoms with E-state index in [-0.39, 0.29) is 5.69 Å². The summed E-state index contributed by atoms with van der Waals surface area (Å²) in [7, 11) is 0. The van der Waals surface area contributed by atoms with E-state index in [1.165, 1.54) is 13.0 Å². The van der Waals surface area contributed by atoms with Crippen LogP contribution in [-0.2, 0) is 15.7 Å². The van der Waals surface area contributed by atoms with E-state index in [0.717, 1.165) is 30.3 Å². The van der Waals surface area contributed by atoms with Crippen molar-refractivity contribution in [2.24, 2.45) is 0 Å². The highest BCUT2D eigenvalue weighted by molar-refractivity contribution is 5.96. The number of benzene rings is 1. The molecule has 0 saturated carbocycles. The van der Waals surface area contributed by atoms with Gasteiger partial charge in [0.05, 0.1) is 11.6 Å². The number of esters is 1. The number of alkyl halides is 3. The van der Waals surface area contributed by atoms with Crippen LogP contribution in [-0.4, -0.2) is 22.9 Å². The molecule has 0 unspecified atom stereocenters. The quantitative estimate of drug-likeness (QED) is 0.489. The summed E-state index contributed by atoms with van der Waals surface area (Å²) in [5, 5.41) is 12.7. The molecule has 0 bridgehead atoms. The number of furan rings is 1. The van der Waals surface area contributed by atoms with Crippen LogP contribution in [0.2, 0.25) is 0 Å². The second-order valence-corrected chi connectivity index (χ2v) is 5.01. The molecule has 1 N–H and O–H groups in total. The maximum atomic E-state index is 12.6. The average molecular weight is 372 g/mol. The number of rotatable bonds is 5. The van der Waals surface area contributed by atoms with Gasteiger partial charge in [-0.2, -0.15) is 13.2 Å². The van der Waals surface area contributed by atoms with Crippen LogP contribution in [0.5, 0.6) is 0 Å². The molecule has 0 spiro atoms. The van der Waals surface area contributed by atoms with E-state index in [0.29, 0.717) is 0 Å². The molecule has 0 aliphatic rings. The molecule has 1 amide bonds. The first-order valence-corrected chi connectivity index (χ1v) is 7.01. The second kappa shape index (κ2) is 7.25. The van der Waals surface area contributed by atoms with Gasteiger partial charge in [-0.3, -0.25) is 14.9 Å². The third-order valence-corrected chi connectivity index (χ3v) is 3.08. The van der Waals surface area contributed by atoms with Crippen LogP contribution in [0.4, 0.5) is 24.7 Å². The van der Waals surface area contributed by atoms with E-state index < -0.39 is 46.3 Å². The minimum absolute atomic E-state index is 0.138. The van der Waals surface area contributed by atoms with Crippen LogP contribution < -0.4 is 5.32 Å². The normalized spacial score (nSPS) is 12.3. The largest absolute Gasteiger partial charge is 0.447 e. The van der Waals surface area contributed by atoms with Crippen molar-refractivity contribution in [1.29, 1.82) is 0 Å². The Morgan fingerprint density at radius 2 is 1.96 bits per heavy atom. The fourth-order valence-corrected chi connectivity index (χ4v) is 1.82. The van der Waals surface area contributed by atoms with Crippen LogP contribution in [0.15, 0.2) is 40.8 Å². The van der Waals surface area contributed by atoms with Crippen molar-refractivity contribution in [2.45, 2.75) is 19.2 Å². The number of hydrogen-bond acceptors (Lipinski definition) is 6. The van der Waals surface area contributed by atoms with Gasteiger partial charge in [0.25, 0.3) is 5.91 Å². The van der Waals surface area contributed by atoms with Crippen molar-refractivity contribution in [3.05, 3.63) is 57.8 Å². The Morgan fingerprint density at radius 3 is 2.54 bits per heavy atom. The summed E-state index contributed by atoms with van der Waals surface area (Å²) in [6.07, 6.45) is -5.96. The molecule has 2 rings (SSSR count). The van der Waals surface area contributed by atoms with Gasteiger partial charge in [-0.1, -0.05) is 6.07 Å². The Hall–Kier alpha value is -3.37. The number of nitrogens with zero attached hydrogens (tertiary/aromatic N) is 1. The molecule has 0 saturated heterocycles. The van der Waals surface area contributed by atoms with Crippen molar-refractivity contribution >= 4 is 23.4 Å². The molecule has 1 aromatic carbocycles. The van der Waals surface area contributed by atoms with E-state index in [4.69, 9.17) is 4.74 Å². The van der Waals surface area contributed by atoms with Gasteiger partial charge in [0.2, 0.25) is 5.76 Å². The summed E-state index contributed by atoms with van der Waals surface area (Å²) >= 11 is 0. The number of anilines is 1. The minimum atomic E-state index is -4.58. The molecule has 1 atom stereocenters. The van der Waals surface area contributed by atoms with Crippen molar-refractivity contribution in [3.63, 3.8) is 0 Å². The van der Waals surface area contributed by atoms with Gasteiger partial charge in [-0.25, -0.2) is 4.79 Å². The van der Waals surface area contributed by atoms with Crippen molar-refractivity contribution in [2.75, 3.05) is 5.32 Å². The third kappa shape index (κ3) is 4.59. The maximum Gasteiger partial charge on any atom is 0.433 e. The second-order valence-electron chi connectivity index (χ2n) is 5.01. The number of ether oxygens (including phenoxy) is 1. The predicted molar refractivity (Wildman–Crippen MR) is 80.3 cm³/mol. The smallest absolute Gasteiger partial charge is 0.433 e. The molecule has 11 heteroatoms. The first-order valence-electron chi connectivity index (χ1n) is 7.01. The average Bonchev–Trinajstić information content (AvgIpc) is 3.04. The Morgan fingerprint density at radius 1 is 1.27 bits per heavy atom. The van der Waals surface area contributed by atoms with Gasteiger partial charge < -0.3 is 14.5 Å². The SMILES string of the molecule is C[C@H](OC(=O)c1ccc([N+](=O)[O-])o1)C(=O)Nc1cccc(C(F)(F)F)c1. The van der Waals surface area contributed by atoms with Crippen LogP contribution in [0.25, 0.3) is 0 Å². The van der Waals surface area contributed by atoms with Gasteiger partial charge in [-0.05, 0) is 31.2 Å². The number of halogens is 3.